The minimum Gasteiger partial charge on any atom is -0.383 e. The van der Waals surface area contributed by atoms with Crippen LogP contribution in [-0.2, 0) is 6.42 Å². The minimum atomic E-state index is -4.72. The van der Waals surface area contributed by atoms with Crippen LogP contribution in [0.5, 0.6) is 0 Å². The third-order valence-electron chi connectivity index (χ3n) is 1.81. The second-order valence-electron chi connectivity index (χ2n) is 3.00. The van der Waals surface area contributed by atoms with Crippen LogP contribution in [0.4, 0.5) is 17.6 Å². The van der Waals surface area contributed by atoms with Crippen LogP contribution in [0.3, 0.4) is 0 Å². The molecule has 1 aromatic carbocycles. The van der Waals surface area contributed by atoms with Gasteiger partial charge in [-0.2, -0.15) is 13.2 Å². The van der Waals surface area contributed by atoms with E-state index in [0.29, 0.717) is 4.47 Å². The van der Waals surface area contributed by atoms with E-state index < -0.39 is 24.5 Å². The summed E-state index contributed by atoms with van der Waals surface area (Å²) >= 11 is 2.98. The molecular formula is C9H7BrF4O. The van der Waals surface area contributed by atoms with Crippen LogP contribution in [0.25, 0.3) is 0 Å². The molecule has 1 nitrogen and oxygen atoms in total. The van der Waals surface area contributed by atoms with Gasteiger partial charge in [-0.3, -0.25) is 0 Å². The maximum absolute atomic E-state index is 13.1. The van der Waals surface area contributed by atoms with Gasteiger partial charge in [0.2, 0.25) is 0 Å². The zero-order valence-corrected chi connectivity index (χ0v) is 8.94. The topological polar surface area (TPSA) is 20.2 Å². The maximum Gasteiger partial charge on any atom is 0.414 e. The van der Waals surface area contributed by atoms with E-state index in [2.05, 4.69) is 15.9 Å². The average molecular weight is 287 g/mol. The predicted octanol–water partition coefficient (Wildman–Crippen LogP) is 3.05. The first-order valence-corrected chi connectivity index (χ1v) is 4.78. The highest BCUT2D eigenvalue weighted by molar-refractivity contribution is 9.10. The molecule has 0 spiro atoms. The molecule has 0 aliphatic carbocycles. The molecule has 0 aromatic heterocycles. The first-order valence-electron chi connectivity index (χ1n) is 3.99. The van der Waals surface area contributed by atoms with Crippen molar-refractivity contribution in [2.75, 3.05) is 0 Å². The van der Waals surface area contributed by atoms with Gasteiger partial charge >= 0.3 is 6.18 Å². The van der Waals surface area contributed by atoms with E-state index >= 15 is 0 Å². The standard InChI is InChI=1S/C9H7BrF4O/c10-6-2-1-5(7(11)4-6)3-8(15)9(12,13)14/h1-2,4,8,15H,3H2/t8-/m1/s1. The number of hydrogen-bond acceptors (Lipinski definition) is 1. The molecule has 0 saturated heterocycles. The molecule has 84 valence electrons. The Morgan fingerprint density at radius 3 is 2.40 bits per heavy atom. The molecule has 0 saturated carbocycles. The molecule has 0 fully saturated rings. The number of benzene rings is 1. The van der Waals surface area contributed by atoms with Crippen molar-refractivity contribution in [3.63, 3.8) is 0 Å². The Hall–Kier alpha value is -0.620. The molecule has 0 aliphatic heterocycles. The second-order valence-corrected chi connectivity index (χ2v) is 3.91. The van der Waals surface area contributed by atoms with Gasteiger partial charge in [-0.05, 0) is 17.7 Å². The van der Waals surface area contributed by atoms with Gasteiger partial charge in [0.15, 0.2) is 6.10 Å². The van der Waals surface area contributed by atoms with Crippen molar-refractivity contribution >= 4 is 15.9 Å². The molecule has 0 amide bonds. The number of rotatable bonds is 2. The molecule has 1 aromatic rings. The molecule has 6 heteroatoms. The van der Waals surface area contributed by atoms with Crippen molar-refractivity contribution in [1.29, 1.82) is 0 Å². The van der Waals surface area contributed by atoms with Crippen molar-refractivity contribution in [3.8, 4) is 0 Å². The van der Waals surface area contributed by atoms with Crippen LogP contribution in [0.1, 0.15) is 5.56 Å². The van der Waals surface area contributed by atoms with Crippen LogP contribution in [-0.4, -0.2) is 17.4 Å². The first kappa shape index (κ1) is 12.4. The van der Waals surface area contributed by atoms with Crippen molar-refractivity contribution in [2.45, 2.75) is 18.7 Å². The van der Waals surface area contributed by atoms with Gasteiger partial charge in [-0.25, -0.2) is 4.39 Å². The van der Waals surface area contributed by atoms with Crippen LogP contribution < -0.4 is 0 Å². The van der Waals surface area contributed by atoms with Gasteiger partial charge in [-0.15, -0.1) is 0 Å². The number of aliphatic hydroxyl groups excluding tert-OH is 1. The van der Waals surface area contributed by atoms with E-state index in [-0.39, 0.29) is 5.56 Å². The summed E-state index contributed by atoms with van der Waals surface area (Å²) in [7, 11) is 0. The molecule has 1 atom stereocenters. The Labute approximate surface area is 91.9 Å². The third kappa shape index (κ3) is 3.46. The quantitative estimate of drug-likeness (QED) is 0.829. The van der Waals surface area contributed by atoms with Gasteiger partial charge in [0.25, 0.3) is 0 Å². The minimum absolute atomic E-state index is 0.164. The molecule has 0 heterocycles. The lowest BCUT2D eigenvalue weighted by Gasteiger charge is -2.14. The fraction of sp³-hybridized carbons (Fsp3) is 0.333. The fourth-order valence-electron chi connectivity index (χ4n) is 1.01. The van der Waals surface area contributed by atoms with Crippen molar-refractivity contribution in [3.05, 3.63) is 34.1 Å². The van der Waals surface area contributed by atoms with E-state index in [1.807, 2.05) is 0 Å². The molecule has 1 rings (SSSR count). The molecule has 0 bridgehead atoms. The summed E-state index contributed by atoms with van der Waals surface area (Å²) in [5.74, 6) is -0.771. The lowest BCUT2D eigenvalue weighted by Crippen LogP contribution is -2.30. The van der Waals surface area contributed by atoms with Crippen LogP contribution in [0, 0.1) is 5.82 Å². The zero-order chi connectivity index (χ0) is 11.6. The summed E-state index contributed by atoms with van der Waals surface area (Å²) in [6.07, 6.45) is -8.03. The summed E-state index contributed by atoms with van der Waals surface area (Å²) < 4.78 is 49.4. The van der Waals surface area contributed by atoms with E-state index in [1.165, 1.54) is 12.1 Å². The summed E-state index contributed by atoms with van der Waals surface area (Å²) in [6.45, 7) is 0. The molecular weight excluding hydrogens is 280 g/mol. The maximum atomic E-state index is 13.1. The Bertz CT molecular complexity index is 350. The lowest BCUT2D eigenvalue weighted by atomic mass is 10.1. The summed E-state index contributed by atoms with van der Waals surface area (Å²) in [4.78, 5) is 0. The monoisotopic (exact) mass is 286 g/mol. The predicted molar refractivity (Wildman–Crippen MR) is 49.9 cm³/mol. The van der Waals surface area contributed by atoms with E-state index in [9.17, 15) is 17.6 Å². The van der Waals surface area contributed by atoms with Gasteiger partial charge in [-0.1, -0.05) is 22.0 Å². The Morgan fingerprint density at radius 1 is 1.33 bits per heavy atom. The van der Waals surface area contributed by atoms with Crippen molar-refractivity contribution < 1.29 is 22.7 Å². The Morgan fingerprint density at radius 2 is 1.93 bits per heavy atom. The number of aliphatic hydroxyl groups is 1. The molecule has 0 unspecified atom stereocenters. The van der Waals surface area contributed by atoms with Crippen LogP contribution in [0.2, 0.25) is 0 Å². The largest absolute Gasteiger partial charge is 0.414 e. The van der Waals surface area contributed by atoms with Gasteiger partial charge in [0.1, 0.15) is 5.82 Å². The second kappa shape index (κ2) is 4.49. The molecule has 0 radical (unpaired) electrons. The Balaban J connectivity index is 2.82. The van der Waals surface area contributed by atoms with Crippen molar-refractivity contribution in [2.24, 2.45) is 0 Å². The van der Waals surface area contributed by atoms with Crippen molar-refractivity contribution in [1.82, 2.24) is 0 Å². The average Bonchev–Trinajstić information content (AvgIpc) is 2.08. The van der Waals surface area contributed by atoms with E-state index in [1.54, 1.807) is 0 Å². The molecule has 15 heavy (non-hydrogen) atoms. The van der Waals surface area contributed by atoms with Crippen LogP contribution >= 0.6 is 15.9 Å². The van der Waals surface area contributed by atoms with Gasteiger partial charge in [0.05, 0.1) is 0 Å². The number of alkyl halides is 3. The molecule has 1 N–H and O–H groups in total. The fourth-order valence-corrected chi connectivity index (χ4v) is 1.34. The highest BCUT2D eigenvalue weighted by Gasteiger charge is 2.38. The molecule has 0 aliphatic rings. The number of hydrogen-bond donors (Lipinski definition) is 1. The summed E-state index contributed by atoms with van der Waals surface area (Å²) in [5, 5.41) is 8.73. The lowest BCUT2D eigenvalue weighted by molar-refractivity contribution is -0.203. The van der Waals surface area contributed by atoms with E-state index in [0.717, 1.165) is 6.07 Å². The number of halogens is 5. The summed E-state index contributed by atoms with van der Waals surface area (Å²) in [5.41, 5.74) is -0.164. The smallest absolute Gasteiger partial charge is 0.383 e. The van der Waals surface area contributed by atoms with Gasteiger partial charge in [0, 0.05) is 10.9 Å². The highest BCUT2D eigenvalue weighted by atomic mass is 79.9. The first-order chi connectivity index (χ1) is 6.80. The van der Waals surface area contributed by atoms with Gasteiger partial charge < -0.3 is 5.11 Å². The highest BCUT2D eigenvalue weighted by Crippen LogP contribution is 2.24. The third-order valence-corrected chi connectivity index (χ3v) is 2.30. The van der Waals surface area contributed by atoms with Crippen LogP contribution in [0.15, 0.2) is 22.7 Å². The zero-order valence-electron chi connectivity index (χ0n) is 7.35. The van der Waals surface area contributed by atoms with E-state index in [4.69, 9.17) is 5.11 Å². The SMILES string of the molecule is O[C@H](Cc1ccc(Br)cc1F)C(F)(F)F. The normalized spacial score (nSPS) is 14.0. The Kier molecular flexibility index (Phi) is 3.72. The summed E-state index contributed by atoms with van der Waals surface area (Å²) in [6, 6.07) is 3.67.